The molecular weight excluding hydrogens is 275 g/mol. The number of amidine groups is 1. The van der Waals surface area contributed by atoms with Gasteiger partial charge in [-0.2, -0.15) is 0 Å². The molecule has 1 rings (SSSR count). The van der Waals surface area contributed by atoms with E-state index in [4.69, 9.17) is 28.9 Å². The van der Waals surface area contributed by atoms with Crippen LogP contribution < -0.4 is 5.73 Å². The number of aliphatic imine (C=N–C) groups is 1. The van der Waals surface area contributed by atoms with Crippen LogP contribution in [0.1, 0.15) is 25.8 Å². The van der Waals surface area contributed by atoms with Crippen molar-refractivity contribution in [3.05, 3.63) is 33.8 Å². The van der Waals surface area contributed by atoms with E-state index in [9.17, 15) is 0 Å². The Kier molecular flexibility index (Phi) is 6.17. The fourth-order valence-corrected chi connectivity index (χ4v) is 2.20. The summed E-state index contributed by atoms with van der Waals surface area (Å²) in [7, 11) is 0. The number of halogens is 2. The quantitative estimate of drug-likeness (QED) is 0.662. The minimum absolute atomic E-state index is 0.274. The van der Waals surface area contributed by atoms with E-state index in [1.54, 1.807) is 6.07 Å². The van der Waals surface area contributed by atoms with Crippen molar-refractivity contribution in [3.8, 4) is 0 Å². The third kappa shape index (κ3) is 5.19. The van der Waals surface area contributed by atoms with Crippen LogP contribution in [-0.2, 0) is 5.75 Å². The Hall–Kier alpha value is -0.380. The zero-order valence-corrected chi connectivity index (χ0v) is 12.2. The first-order chi connectivity index (χ1) is 8.02. The normalized spacial score (nSPS) is 13.8. The standard InChI is InChI=1S/C12H16Cl2N2S/c1-3-8(2)16-12(15)17-7-9-4-5-10(13)11(14)6-9/h4-6,8H,3,7H2,1-2H3,(H2,15,16)/t8-/m1/s1. The Bertz CT molecular complexity index is 407. The first-order valence-corrected chi connectivity index (χ1v) is 7.17. The molecule has 0 amide bonds. The van der Waals surface area contributed by atoms with Gasteiger partial charge in [0.05, 0.1) is 10.0 Å². The first kappa shape index (κ1) is 14.7. The van der Waals surface area contributed by atoms with Gasteiger partial charge in [-0.1, -0.05) is 48.0 Å². The van der Waals surface area contributed by atoms with Gasteiger partial charge in [-0.05, 0) is 31.0 Å². The molecule has 0 radical (unpaired) electrons. The minimum atomic E-state index is 0.274. The minimum Gasteiger partial charge on any atom is -0.379 e. The number of nitrogens with two attached hydrogens (primary N) is 1. The predicted molar refractivity (Wildman–Crippen MR) is 79.1 cm³/mol. The summed E-state index contributed by atoms with van der Waals surface area (Å²) >= 11 is 13.3. The molecule has 1 aromatic carbocycles. The molecule has 2 nitrogen and oxygen atoms in total. The Morgan fingerprint density at radius 1 is 1.41 bits per heavy atom. The topological polar surface area (TPSA) is 38.4 Å². The van der Waals surface area contributed by atoms with Crippen LogP contribution in [0, 0.1) is 0 Å². The van der Waals surface area contributed by atoms with Crippen LogP contribution in [0.2, 0.25) is 10.0 Å². The van der Waals surface area contributed by atoms with Crippen molar-refractivity contribution in [2.24, 2.45) is 10.7 Å². The summed E-state index contributed by atoms with van der Waals surface area (Å²) in [5.41, 5.74) is 6.91. The van der Waals surface area contributed by atoms with Crippen LogP contribution in [-0.4, -0.2) is 11.2 Å². The van der Waals surface area contributed by atoms with Gasteiger partial charge < -0.3 is 5.73 Å². The lowest BCUT2D eigenvalue weighted by Crippen LogP contribution is -2.11. The second kappa shape index (κ2) is 7.14. The van der Waals surface area contributed by atoms with Crippen molar-refractivity contribution < 1.29 is 0 Å². The van der Waals surface area contributed by atoms with Gasteiger partial charge >= 0.3 is 0 Å². The molecule has 0 unspecified atom stereocenters. The van der Waals surface area contributed by atoms with Crippen LogP contribution in [0.25, 0.3) is 0 Å². The average molecular weight is 291 g/mol. The maximum Gasteiger partial charge on any atom is 0.154 e. The van der Waals surface area contributed by atoms with E-state index in [0.717, 1.165) is 17.7 Å². The highest BCUT2D eigenvalue weighted by Crippen LogP contribution is 2.24. The molecule has 0 aliphatic heterocycles. The van der Waals surface area contributed by atoms with E-state index in [1.165, 1.54) is 11.8 Å². The van der Waals surface area contributed by atoms with Gasteiger partial charge in [-0.15, -0.1) is 0 Å². The van der Waals surface area contributed by atoms with Crippen LogP contribution in [0.3, 0.4) is 0 Å². The first-order valence-electron chi connectivity index (χ1n) is 5.43. The van der Waals surface area contributed by atoms with Gasteiger partial charge in [-0.3, -0.25) is 4.99 Å². The highest BCUT2D eigenvalue weighted by atomic mass is 35.5. The second-order valence-electron chi connectivity index (χ2n) is 3.76. The van der Waals surface area contributed by atoms with Gasteiger partial charge in [0.25, 0.3) is 0 Å². The van der Waals surface area contributed by atoms with Crippen LogP contribution >= 0.6 is 35.0 Å². The Morgan fingerprint density at radius 3 is 2.71 bits per heavy atom. The van der Waals surface area contributed by atoms with Crippen molar-refractivity contribution in [1.82, 2.24) is 0 Å². The number of rotatable bonds is 4. The summed E-state index contributed by atoms with van der Waals surface area (Å²) in [5.74, 6) is 0.753. The molecule has 0 aliphatic rings. The zero-order valence-electron chi connectivity index (χ0n) is 9.91. The third-order valence-corrected chi connectivity index (χ3v) is 3.93. The maximum absolute atomic E-state index is 5.93. The van der Waals surface area contributed by atoms with Crippen LogP contribution in [0.15, 0.2) is 23.2 Å². The maximum atomic E-state index is 5.93. The van der Waals surface area contributed by atoms with E-state index >= 15 is 0 Å². The molecule has 0 bridgehead atoms. The molecule has 1 atom stereocenters. The Morgan fingerprint density at radius 2 is 2.12 bits per heavy atom. The summed E-state index contributed by atoms with van der Waals surface area (Å²) in [5, 5.41) is 1.76. The highest BCUT2D eigenvalue weighted by molar-refractivity contribution is 8.13. The van der Waals surface area contributed by atoms with Gasteiger partial charge in [0, 0.05) is 11.8 Å². The van der Waals surface area contributed by atoms with E-state index in [-0.39, 0.29) is 6.04 Å². The van der Waals surface area contributed by atoms with Gasteiger partial charge in [0.2, 0.25) is 0 Å². The molecule has 94 valence electrons. The summed E-state index contributed by atoms with van der Waals surface area (Å²) in [6.07, 6.45) is 0.994. The molecule has 0 saturated carbocycles. The van der Waals surface area contributed by atoms with E-state index in [2.05, 4.69) is 11.9 Å². The predicted octanol–water partition coefficient (Wildman–Crippen LogP) is 4.34. The Balaban J connectivity index is 2.55. The number of hydrogen-bond donors (Lipinski definition) is 1. The molecule has 0 heterocycles. The lowest BCUT2D eigenvalue weighted by molar-refractivity contribution is 0.718. The number of thioether (sulfide) groups is 1. The second-order valence-corrected chi connectivity index (χ2v) is 5.57. The molecule has 0 spiro atoms. The lowest BCUT2D eigenvalue weighted by Gasteiger charge is -2.06. The smallest absolute Gasteiger partial charge is 0.154 e. The number of benzene rings is 1. The summed E-state index contributed by atoms with van der Waals surface area (Å²) in [6, 6.07) is 5.86. The summed E-state index contributed by atoms with van der Waals surface area (Å²) in [4.78, 5) is 4.35. The zero-order chi connectivity index (χ0) is 12.8. The lowest BCUT2D eigenvalue weighted by atomic mass is 10.2. The third-order valence-electron chi connectivity index (χ3n) is 2.31. The highest BCUT2D eigenvalue weighted by Gasteiger charge is 2.02. The molecule has 2 N–H and O–H groups in total. The largest absolute Gasteiger partial charge is 0.379 e. The fourth-order valence-electron chi connectivity index (χ4n) is 1.13. The van der Waals surface area contributed by atoms with Crippen molar-refractivity contribution in [1.29, 1.82) is 0 Å². The molecule has 0 aromatic heterocycles. The monoisotopic (exact) mass is 290 g/mol. The molecule has 0 saturated heterocycles. The van der Waals surface area contributed by atoms with Gasteiger partial charge in [-0.25, -0.2) is 0 Å². The van der Waals surface area contributed by atoms with E-state index < -0.39 is 0 Å². The molecule has 1 aromatic rings. The van der Waals surface area contributed by atoms with Crippen molar-refractivity contribution in [2.45, 2.75) is 32.1 Å². The number of nitrogens with zero attached hydrogens (tertiary/aromatic N) is 1. The number of hydrogen-bond acceptors (Lipinski definition) is 2. The molecular formula is C12H16Cl2N2S. The SMILES string of the molecule is CC[C@@H](C)N=C(N)SCc1ccc(Cl)c(Cl)c1. The van der Waals surface area contributed by atoms with Gasteiger partial charge in [0.15, 0.2) is 5.17 Å². The van der Waals surface area contributed by atoms with Crippen molar-refractivity contribution in [2.75, 3.05) is 0 Å². The van der Waals surface area contributed by atoms with Crippen molar-refractivity contribution >= 4 is 40.1 Å². The summed E-state index contributed by atoms with van der Waals surface area (Å²) < 4.78 is 0. The average Bonchev–Trinajstić information content (AvgIpc) is 2.30. The fraction of sp³-hybridized carbons (Fsp3) is 0.417. The van der Waals surface area contributed by atoms with E-state index in [1.807, 2.05) is 19.1 Å². The molecule has 0 fully saturated rings. The van der Waals surface area contributed by atoms with E-state index in [0.29, 0.717) is 15.2 Å². The molecule has 0 aliphatic carbocycles. The molecule has 5 heteroatoms. The van der Waals surface area contributed by atoms with Gasteiger partial charge in [0.1, 0.15) is 0 Å². The van der Waals surface area contributed by atoms with Crippen LogP contribution in [0.4, 0.5) is 0 Å². The Labute approximate surface area is 117 Å². The van der Waals surface area contributed by atoms with Crippen molar-refractivity contribution in [3.63, 3.8) is 0 Å². The molecule has 17 heavy (non-hydrogen) atoms. The van der Waals surface area contributed by atoms with Crippen LogP contribution in [0.5, 0.6) is 0 Å². The summed E-state index contributed by atoms with van der Waals surface area (Å²) in [6.45, 7) is 4.14.